The fraction of sp³-hybridized carbons (Fsp3) is 0.167. The number of anilines is 1. The van der Waals surface area contributed by atoms with E-state index < -0.39 is 5.95 Å². The van der Waals surface area contributed by atoms with Gasteiger partial charge in [0.25, 0.3) is 0 Å². The number of hydrogen-bond donors (Lipinski definition) is 1. The molecule has 5 heteroatoms. The molecular formula is C12H11BrFN3. The second kappa shape index (κ2) is 5.23. The van der Waals surface area contributed by atoms with E-state index >= 15 is 0 Å². The van der Waals surface area contributed by atoms with Crippen LogP contribution in [-0.4, -0.2) is 9.97 Å². The maximum Gasteiger partial charge on any atom is 0.229 e. The van der Waals surface area contributed by atoms with E-state index in [9.17, 15) is 4.39 Å². The largest absolute Gasteiger partial charge is 0.366 e. The van der Waals surface area contributed by atoms with E-state index in [4.69, 9.17) is 0 Å². The minimum Gasteiger partial charge on any atom is -0.366 e. The van der Waals surface area contributed by atoms with E-state index in [1.54, 1.807) is 24.5 Å². The molecule has 0 amide bonds. The molecule has 0 aliphatic heterocycles. The van der Waals surface area contributed by atoms with Gasteiger partial charge in [-0.2, -0.15) is 4.39 Å². The summed E-state index contributed by atoms with van der Waals surface area (Å²) in [4.78, 5) is 7.82. The molecule has 2 aromatic heterocycles. The first-order valence-corrected chi connectivity index (χ1v) is 5.91. The lowest BCUT2D eigenvalue weighted by Gasteiger charge is -2.07. The lowest BCUT2D eigenvalue weighted by molar-refractivity contribution is 0.578. The van der Waals surface area contributed by atoms with Crippen molar-refractivity contribution < 1.29 is 4.39 Å². The van der Waals surface area contributed by atoms with E-state index in [-0.39, 0.29) is 0 Å². The first-order chi connectivity index (χ1) is 8.16. The molecule has 2 aromatic rings. The first kappa shape index (κ1) is 12.0. The highest BCUT2D eigenvalue weighted by Gasteiger charge is 2.03. The average Bonchev–Trinajstić information content (AvgIpc) is 2.32. The highest BCUT2D eigenvalue weighted by Crippen LogP contribution is 2.16. The third-order valence-corrected chi connectivity index (χ3v) is 3.00. The minimum atomic E-state index is -0.516. The van der Waals surface area contributed by atoms with Gasteiger partial charge in [0.2, 0.25) is 5.95 Å². The molecule has 0 unspecified atom stereocenters. The van der Waals surface area contributed by atoms with Crippen molar-refractivity contribution in [1.29, 1.82) is 0 Å². The number of hydrogen-bond acceptors (Lipinski definition) is 3. The Morgan fingerprint density at radius 3 is 2.88 bits per heavy atom. The van der Waals surface area contributed by atoms with Crippen molar-refractivity contribution in [2.24, 2.45) is 0 Å². The Kier molecular flexibility index (Phi) is 3.68. The highest BCUT2D eigenvalue weighted by molar-refractivity contribution is 9.10. The van der Waals surface area contributed by atoms with E-state index in [1.807, 2.05) is 13.0 Å². The van der Waals surface area contributed by atoms with Crippen molar-refractivity contribution in [2.45, 2.75) is 13.5 Å². The molecule has 0 spiro atoms. The van der Waals surface area contributed by atoms with Gasteiger partial charge >= 0.3 is 0 Å². The molecule has 0 aliphatic carbocycles. The number of aromatic nitrogens is 2. The third-order valence-electron chi connectivity index (χ3n) is 2.41. The summed E-state index contributed by atoms with van der Waals surface area (Å²) in [5.41, 5.74) is 2.21. The van der Waals surface area contributed by atoms with Gasteiger partial charge in [-0.05, 0) is 52.2 Å². The molecule has 0 saturated heterocycles. The molecule has 0 fully saturated rings. The van der Waals surface area contributed by atoms with Crippen LogP contribution in [0.15, 0.2) is 35.1 Å². The summed E-state index contributed by atoms with van der Waals surface area (Å²) in [5.74, 6) is -0.00754. The van der Waals surface area contributed by atoms with Crippen LogP contribution in [0.4, 0.5) is 10.2 Å². The smallest absolute Gasteiger partial charge is 0.229 e. The van der Waals surface area contributed by atoms with Gasteiger partial charge in [0, 0.05) is 18.9 Å². The normalized spacial score (nSPS) is 10.3. The topological polar surface area (TPSA) is 37.8 Å². The third kappa shape index (κ3) is 3.00. The van der Waals surface area contributed by atoms with E-state index in [1.165, 1.54) is 0 Å². The Hall–Kier alpha value is -1.49. The zero-order valence-electron chi connectivity index (χ0n) is 9.24. The van der Waals surface area contributed by atoms with E-state index in [0.29, 0.717) is 16.8 Å². The van der Waals surface area contributed by atoms with Gasteiger partial charge < -0.3 is 5.32 Å². The van der Waals surface area contributed by atoms with Crippen molar-refractivity contribution in [3.63, 3.8) is 0 Å². The molecule has 0 atom stereocenters. The van der Waals surface area contributed by atoms with Gasteiger partial charge in [0.1, 0.15) is 5.82 Å². The second-order valence-electron chi connectivity index (χ2n) is 3.62. The SMILES string of the molecule is Cc1ccncc1CNc1ccc(Br)c(F)n1. The van der Waals surface area contributed by atoms with Crippen molar-refractivity contribution in [1.82, 2.24) is 9.97 Å². The molecule has 0 radical (unpaired) electrons. The Morgan fingerprint density at radius 1 is 1.35 bits per heavy atom. The zero-order chi connectivity index (χ0) is 12.3. The maximum absolute atomic E-state index is 13.2. The van der Waals surface area contributed by atoms with Gasteiger partial charge in [0.05, 0.1) is 4.47 Å². The molecular weight excluding hydrogens is 285 g/mol. The molecule has 0 aliphatic rings. The fourth-order valence-corrected chi connectivity index (χ4v) is 1.60. The first-order valence-electron chi connectivity index (χ1n) is 5.12. The lowest BCUT2D eigenvalue weighted by Crippen LogP contribution is -2.04. The van der Waals surface area contributed by atoms with Gasteiger partial charge in [-0.15, -0.1) is 0 Å². The summed E-state index contributed by atoms with van der Waals surface area (Å²) in [6.45, 7) is 2.59. The van der Waals surface area contributed by atoms with Crippen LogP contribution < -0.4 is 5.32 Å². The monoisotopic (exact) mass is 295 g/mol. The molecule has 1 N–H and O–H groups in total. The fourth-order valence-electron chi connectivity index (χ4n) is 1.38. The average molecular weight is 296 g/mol. The van der Waals surface area contributed by atoms with Crippen molar-refractivity contribution in [3.05, 3.63) is 52.1 Å². The zero-order valence-corrected chi connectivity index (χ0v) is 10.8. The molecule has 2 heterocycles. The van der Waals surface area contributed by atoms with Crippen LogP contribution in [-0.2, 0) is 6.54 Å². The van der Waals surface area contributed by atoms with Gasteiger partial charge in [-0.25, -0.2) is 4.98 Å². The molecule has 88 valence electrons. The van der Waals surface area contributed by atoms with Crippen LogP contribution in [0.3, 0.4) is 0 Å². The number of pyridine rings is 2. The van der Waals surface area contributed by atoms with Gasteiger partial charge in [-0.3, -0.25) is 4.98 Å². The number of rotatable bonds is 3. The summed E-state index contributed by atoms with van der Waals surface area (Å²) in [7, 11) is 0. The predicted molar refractivity (Wildman–Crippen MR) is 68.2 cm³/mol. The highest BCUT2D eigenvalue weighted by atomic mass is 79.9. The van der Waals surface area contributed by atoms with Crippen LogP contribution in [0.5, 0.6) is 0 Å². The van der Waals surface area contributed by atoms with Crippen LogP contribution >= 0.6 is 15.9 Å². The summed E-state index contributed by atoms with van der Waals surface area (Å²) < 4.78 is 13.5. The van der Waals surface area contributed by atoms with Gasteiger partial charge in [-0.1, -0.05) is 0 Å². The summed E-state index contributed by atoms with van der Waals surface area (Å²) in [5, 5.41) is 3.06. The summed E-state index contributed by atoms with van der Waals surface area (Å²) in [6, 6.07) is 5.28. The Balaban J connectivity index is 2.08. The summed E-state index contributed by atoms with van der Waals surface area (Å²) >= 11 is 3.06. The number of aryl methyl sites for hydroxylation is 1. The van der Waals surface area contributed by atoms with Crippen LogP contribution in [0.2, 0.25) is 0 Å². The number of halogens is 2. The molecule has 2 rings (SSSR count). The van der Waals surface area contributed by atoms with Gasteiger partial charge in [0.15, 0.2) is 0 Å². The summed E-state index contributed by atoms with van der Waals surface area (Å²) in [6.07, 6.45) is 3.54. The predicted octanol–water partition coefficient (Wildman–Crippen LogP) is 3.30. The lowest BCUT2D eigenvalue weighted by atomic mass is 10.1. The molecule has 0 saturated carbocycles. The van der Waals surface area contributed by atoms with Crippen molar-refractivity contribution in [3.8, 4) is 0 Å². The Labute approximate surface area is 107 Å². The number of nitrogens with zero attached hydrogens (tertiary/aromatic N) is 2. The molecule has 3 nitrogen and oxygen atoms in total. The number of nitrogens with one attached hydrogen (secondary N) is 1. The van der Waals surface area contributed by atoms with Crippen molar-refractivity contribution >= 4 is 21.7 Å². The van der Waals surface area contributed by atoms with Crippen LogP contribution in [0.25, 0.3) is 0 Å². The maximum atomic E-state index is 13.2. The van der Waals surface area contributed by atoms with Crippen LogP contribution in [0, 0.1) is 12.9 Å². The molecule has 17 heavy (non-hydrogen) atoms. The molecule has 0 bridgehead atoms. The standard InChI is InChI=1S/C12H11BrFN3/c1-8-4-5-15-6-9(8)7-16-11-3-2-10(13)12(14)17-11/h2-6H,7H2,1H3,(H,16,17). The minimum absolute atomic E-state index is 0.362. The second-order valence-corrected chi connectivity index (χ2v) is 4.48. The Morgan fingerprint density at radius 2 is 2.18 bits per heavy atom. The Bertz CT molecular complexity index is 531. The van der Waals surface area contributed by atoms with E-state index in [2.05, 4.69) is 31.2 Å². The van der Waals surface area contributed by atoms with Crippen molar-refractivity contribution in [2.75, 3.05) is 5.32 Å². The van der Waals surface area contributed by atoms with E-state index in [0.717, 1.165) is 11.1 Å². The van der Waals surface area contributed by atoms with Crippen LogP contribution in [0.1, 0.15) is 11.1 Å². The quantitative estimate of drug-likeness (QED) is 0.883. The molecule has 0 aromatic carbocycles.